The predicted octanol–water partition coefficient (Wildman–Crippen LogP) is 3.76. The number of methoxy groups -OCH3 is 1. The van der Waals surface area contributed by atoms with Crippen LogP contribution in [0.1, 0.15) is 35.2 Å². The van der Waals surface area contributed by atoms with Crippen LogP contribution in [-0.4, -0.2) is 40.2 Å². The highest BCUT2D eigenvalue weighted by Gasteiger charge is 2.15. The van der Waals surface area contributed by atoms with Gasteiger partial charge in [0, 0.05) is 17.3 Å². The van der Waals surface area contributed by atoms with Gasteiger partial charge in [0.2, 0.25) is 0 Å². The van der Waals surface area contributed by atoms with Crippen LogP contribution >= 0.6 is 11.6 Å². The van der Waals surface area contributed by atoms with Crippen LogP contribution < -0.4 is 10.6 Å². The third-order valence-corrected chi connectivity index (χ3v) is 4.70. The lowest BCUT2D eigenvalue weighted by Gasteiger charge is -2.11. The highest BCUT2D eigenvalue weighted by Crippen LogP contribution is 2.24. The molecular formula is C20H22ClN5O3. The van der Waals surface area contributed by atoms with Gasteiger partial charge >= 0.3 is 12.0 Å². The van der Waals surface area contributed by atoms with Gasteiger partial charge in [-0.3, -0.25) is 0 Å². The Hall–Kier alpha value is -3.13. The van der Waals surface area contributed by atoms with Crippen LogP contribution in [0.25, 0.3) is 11.2 Å². The number of carbonyl (C=O) groups excluding carboxylic acids is 2. The third-order valence-electron chi connectivity index (χ3n) is 4.35. The number of hydrogen-bond donors (Lipinski definition) is 2. The molecule has 0 unspecified atom stereocenters. The van der Waals surface area contributed by atoms with Crippen LogP contribution in [0.4, 0.5) is 10.5 Å². The minimum absolute atomic E-state index is 0.213. The van der Waals surface area contributed by atoms with E-state index in [1.165, 1.54) is 7.11 Å². The van der Waals surface area contributed by atoms with Crippen LogP contribution in [0, 0.1) is 6.92 Å². The molecule has 2 heterocycles. The predicted molar refractivity (Wildman–Crippen MR) is 111 cm³/mol. The number of fused-ring (bicyclic) bond motifs is 1. The Kier molecular flexibility index (Phi) is 6.33. The van der Waals surface area contributed by atoms with Crippen molar-refractivity contribution in [3.63, 3.8) is 0 Å². The summed E-state index contributed by atoms with van der Waals surface area (Å²) in [6.07, 6.45) is 0.858. The summed E-state index contributed by atoms with van der Waals surface area (Å²) >= 11 is 6.44. The standard InChI is InChI=1S/C20H22ClN5O3/c1-4-9-22-20(28)24-14-6-5-13(15(21)10-14)11-26-12(2)23-16-7-8-17(19(27)29-3)25-18(16)26/h5-8,10H,4,9,11H2,1-3H3,(H2,22,24,28). The second-order valence-electron chi connectivity index (χ2n) is 6.46. The van der Waals surface area contributed by atoms with Crippen LogP contribution in [0.3, 0.4) is 0 Å². The number of rotatable bonds is 6. The number of nitrogens with one attached hydrogen (secondary N) is 2. The normalized spacial score (nSPS) is 10.8. The molecule has 0 saturated heterocycles. The zero-order valence-electron chi connectivity index (χ0n) is 16.5. The van der Waals surface area contributed by atoms with Crippen molar-refractivity contribution in [2.45, 2.75) is 26.8 Å². The Morgan fingerprint density at radius 1 is 1.21 bits per heavy atom. The van der Waals surface area contributed by atoms with E-state index in [9.17, 15) is 9.59 Å². The summed E-state index contributed by atoms with van der Waals surface area (Å²) < 4.78 is 6.63. The van der Waals surface area contributed by atoms with Crippen molar-refractivity contribution in [3.8, 4) is 0 Å². The molecule has 29 heavy (non-hydrogen) atoms. The molecule has 0 aliphatic carbocycles. The van der Waals surface area contributed by atoms with Crippen molar-refractivity contribution >= 4 is 40.5 Å². The van der Waals surface area contributed by atoms with Crippen LogP contribution in [0.2, 0.25) is 5.02 Å². The van der Waals surface area contributed by atoms with Gasteiger partial charge in [-0.15, -0.1) is 0 Å². The number of aromatic nitrogens is 3. The van der Waals surface area contributed by atoms with E-state index in [0.717, 1.165) is 17.8 Å². The Morgan fingerprint density at radius 2 is 2.00 bits per heavy atom. The van der Waals surface area contributed by atoms with E-state index in [1.807, 2.05) is 24.5 Å². The Balaban J connectivity index is 1.86. The van der Waals surface area contributed by atoms with E-state index >= 15 is 0 Å². The number of urea groups is 1. The minimum Gasteiger partial charge on any atom is -0.464 e. The zero-order chi connectivity index (χ0) is 21.0. The minimum atomic E-state index is -0.507. The SMILES string of the molecule is CCCNC(=O)Nc1ccc(Cn2c(C)nc3ccc(C(=O)OC)nc32)c(Cl)c1. The van der Waals surface area contributed by atoms with Crippen molar-refractivity contribution in [3.05, 3.63) is 52.4 Å². The van der Waals surface area contributed by atoms with Crippen molar-refractivity contribution in [1.82, 2.24) is 19.9 Å². The van der Waals surface area contributed by atoms with Crippen molar-refractivity contribution in [1.29, 1.82) is 0 Å². The number of ether oxygens (including phenoxy) is 1. The van der Waals surface area contributed by atoms with Gasteiger partial charge in [-0.05, 0) is 43.2 Å². The molecular weight excluding hydrogens is 394 g/mol. The summed E-state index contributed by atoms with van der Waals surface area (Å²) in [6.45, 7) is 4.87. The number of anilines is 1. The number of amides is 2. The molecule has 0 aliphatic rings. The van der Waals surface area contributed by atoms with Gasteiger partial charge in [-0.2, -0.15) is 0 Å². The average molecular weight is 416 g/mol. The number of esters is 1. The van der Waals surface area contributed by atoms with Crippen molar-refractivity contribution in [2.24, 2.45) is 0 Å². The Labute approximate surface area is 173 Å². The molecule has 8 nitrogen and oxygen atoms in total. The number of nitrogens with zero attached hydrogens (tertiary/aromatic N) is 3. The van der Waals surface area contributed by atoms with Crippen LogP contribution in [0.15, 0.2) is 30.3 Å². The maximum Gasteiger partial charge on any atom is 0.356 e. The van der Waals surface area contributed by atoms with E-state index in [1.54, 1.807) is 24.3 Å². The molecule has 0 aliphatic heterocycles. The summed E-state index contributed by atoms with van der Waals surface area (Å²) in [7, 11) is 1.31. The first-order valence-corrected chi connectivity index (χ1v) is 9.56. The molecule has 0 radical (unpaired) electrons. The molecule has 0 fully saturated rings. The number of hydrogen-bond acceptors (Lipinski definition) is 5. The Bertz CT molecular complexity index is 1060. The van der Waals surface area contributed by atoms with E-state index in [4.69, 9.17) is 16.3 Å². The fourth-order valence-corrected chi connectivity index (χ4v) is 3.10. The summed E-state index contributed by atoms with van der Waals surface area (Å²) in [5.41, 5.74) is 2.90. The van der Waals surface area contributed by atoms with E-state index in [0.29, 0.717) is 35.0 Å². The highest BCUT2D eigenvalue weighted by atomic mass is 35.5. The molecule has 0 bridgehead atoms. The van der Waals surface area contributed by atoms with E-state index in [-0.39, 0.29) is 11.7 Å². The smallest absolute Gasteiger partial charge is 0.356 e. The van der Waals surface area contributed by atoms with Gasteiger partial charge in [0.1, 0.15) is 11.3 Å². The van der Waals surface area contributed by atoms with E-state index < -0.39 is 5.97 Å². The monoisotopic (exact) mass is 415 g/mol. The van der Waals surface area contributed by atoms with Crippen LogP contribution in [0.5, 0.6) is 0 Å². The number of imidazole rings is 1. The second kappa shape index (κ2) is 8.91. The third kappa shape index (κ3) is 4.65. The van der Waals surface area contributed by atoms with Crippen molar-refractivity contribution < 1.29 is 14.3 Å². The number of halogens is 1. The molecule has 2 amide bonds. The second-order valence-corrected chi connectivity index (χ2v) is 6.87. The first-order valence-electron chi connectivity index (χ1n) is 9.18. The molecule has 1 aromatic carbocycles. The quantitative estimate of drug-likeness (QED) is 0.597. The molecule has 3 rings (SSSR count). The number of benzene rings is 1. The molecule has 9 heteroatoms. The molecule has 2 N–H and O–H groups in total. The summed E-state index contributed by atoms with van der Waals surface area (Å²) in [4.78, 5) is 32.5. The van der Waals surface area contributed by atoms with Crippen molar-refractivity contribution in [2.75, 3.05) is 19.0 Å². The summed E-state index contributed by atoms with van der Waals surface area (Å²) in [6, 6.07) is 8.38. The van der Waals surface area contributed by atoms with Crippen LogP contribution in [-0.2, 0) is 11.3 Å². The van der Waals surface area contributed by atoms with Gasteiger partial charge in [0.25, 0.3) is 0 Å². The molecule has 0 atom stereocenters. The fraction of sp³-hybridized carbons (Fsp3) is 0.300. The molecule has 3 aromatic rings. The molecule has 0 saturated carbocycles. The van der Waals surface area contributed by atoms with E-state index in [2.05, 4.69) is 20.6 Å². The van der Waals surface area contributed by atoms with Gasteiger partial charge in [0.05, 0.1) is 13.7 Å². The lowest BCUT2D eigenvalue weighted by molar-refractivity contribution is 0.0594. The zero-order valence-corrected chi connectivity index (χ0v) is 17.2. The summed E-state index contributed by atoms with van der Waals surface area (Å²) in [5, 5.41) is 6.00. The number of carbonyl (C=O) groups is 2. The fourth-order valence-electron chi connectivity index (χ4n) is 2.86. The lowest BCUT2D eigenvalue weighted by atomic mass is 10.2. The highest BCUT2D eigenvalue weighted by molar-refractivity contribution is 6.31. The molecule has 2 aromatic heterocycles. The average Bonchev–Trinajstić information content (AvgIpc) is 3.02. The lowest BCUT2D eigenvalue weighted by Crippen LogP contribution is -2.29. The number of pyridine rings is 1. The molecule has 152 valence electrons. The summed E-state index contributed by atoms with van der Waals surface area (Å²) in [5.74, 6) is 0.235. The van der Waals surface area contributed by atoms with Gasteiger partial charge in [-0.25, -0.2) is 19.6 Å². The largest absolute Gasteiger partial charge is 0.464 e. The van der Waals surface area contributed by atoms with Gasteiger partial charge in [-0.1, -0.05) is 24.6 Å². The molecule has 0 spiro atoms. The topological polar surface area (TPSA) is 98.1 Å². The Morgan fingerprint density at radius 3 is 2.69 bits per heavy atom. The maximum atomic E-state index is 11.8. The first-order chi connectivity index (χ1) is 13.9. The van der Waals surface area contributed by atoms with Gasteiger partial charge in [0.15, 0.2) is 11.3 Å². The maximum absolute atomic E-state index is 11.8. The first kappa shape index (κ1) is 20.6. The van der Waals surface area contributed by atoms with Gasteiger partial charge < -0.3 is 19.9 Å². The number of aryl methyl sites for hydroxylation is 1.